The van der Waals surface area contributed by atoms with Crippen LogP contribution in [0.1, 0.15) is 214 Å². The third-order valence-electron chi connectivity index (χ3n) is 24.9. The molecule has 0 atom stereocenters. The summed E-state index contributed by atoms with van der Waals surface area (Å²) in [6.07, 6.45) is 14.1. The zero-order chi connectivity index (χ0) is 90.1. The minimum atomic E-state index is -0.609. The number of carbonyl (C=O) groups is 4. The van der Waals surface area contributed by atoms with Crippen LogP contribution in [0.5, 0.6) is 0 Å². The zero-order valence-electron chi connectivity index (χ0n) is 78.0. The molecule has 4 fully saturated rings. The molecule has 0 bridgehead atoms. The SMILES string of the molecule is C.CC.CC(=NCCc1c(-c2cc(C)nc(C)c2)[nH]c2ccc(C(C)(C)C(=O)N3CCCC3)cc12)NC#N.CNCCc1c(-c2cc(C)nc(C)c2)[nH]c2ccc(C(C)(C)C(=O)N3CCCC3)cc12.CNCCc1c(Br)[nH]c2ccc(C(C)(C)C(=O)N3CCCC3)cc12.Cc1cc(-c2[nH]c3ccc(C(C)(C)C(=O)N4CCCC4)cc3c2CCN)cc(C)n1.[K][K]. The molecule has 4 saturated heterocycles. The molecule has 11 heterocycles. The molecule has 0 spiro atoms. The summed E-state index contributed by atoms with van der Waals surface area (Å²) in [5.74, 6) is 1.48. The number of nitriles is 1. The fraction of sp³-hybridized carbons (Fsp3) is 0.475. The second kappa shape index (κ2) is 46.0. The summed E-state index contributed by atoms with van der Waals surface area (Å²) in [5, 5.41) is 22.6. The van der Waals surface area contributed by atoms with Gasteiger partial charge in [0.2, 0.25) is 23.6 Å². The van der Waals surface area contributed by atoms with Crippen LogP contribution in [-0.2, 0) is 66.5 Å². The van der Waals surface area contributed by atoms with Crippen LogP contribution in [0.2, 0.25) is 0 Å². The summed E-state index contributed by atoms with van der Waals surface area (Å²) in [5.41, 5.74) is 30.0. The monoisotopic (exact) mass is 1810 g/mol. The van der Waals surface area contributed by atoms with Gasteiger partial charge >= 0.3 is 63.2 Å². The number of H-pyrrole nitrogens is 4. The Kier molecular flexibility index (Phi) is 37.4. The Bertz CT molecular complexity index is 5580. The number of fused-ring (bicyclic) bond motifs is 4. The topological polar surface area (TPSA) is 281 Å². The van der Waals surface area contributed by atoms with Crippen LogP contribution >= 0.6 is 15.9 Å². The first kappa shape index (κ1) is 102. The van der Waals surface area contributed by atoms with Crippen molar-refractivity contribution >= 4 is 152 Å². The van der Waals surface area contributed by atoms with Crippen molar-refractivity contribution < 1.29 is 19.2 Å². The van der Waals surface area contributed by atoms with Crippen LogP contribution in [0.15, 0.2) is 119 Å². The van der Waals surface area contributed by atoms with Crippen molar-refractivity contribution in [3.8, 4) is 40.0 Å². The maximum atomic E-state index is 13.4. The first-order chi connectivity index (χ1) is 59.3. The van der Waals surface area contributed by atoms with E-state index in [0.29, 0.717) is 25.3 Å². The van der Waals surface area contributed by atoms with Crippen LogP contribution in [-0.4, -0.2) is 240 Å². The van der Waals surface area contributed by atoms with Crippen molar-refractivity contribution in [2.45, 2.75) is 224 Å². The summed E-state index contributed by atoms with van der Waals surface area (Å²) in [6.45, 7) is 44.2. The van der Waals surface area contributed by atoms with Crippen molar-refractivity contribution in [2.24, 2.45) is 10.7 Å². The molecule has 15 rings (SSSR count). The van der Waals surface area contributed by atoms with E-state index in [1.165, 1.54) is 96.2 Å². The first-order valence-corrected chi connectivity index (χ1v) is 62.0. The number of likely N-dealkylation sites (N-methyl/N-ethyl adjacent to an activating group) is 2. The molecular formula is C101H136BrK2N17O4. The van der Waals surface area contributed by atoms with E-state index in [1.54, 1.807) is 6.92 Å². The van der Waals surface area contributed by atoms with Crippen LogP contribution in [0.3, 0.4) is 0 Å². The predicted octanol–water partition coefficient (Wildman–Crippen LogP) is 18.0. The fourth-order valence-electron chi connectivity index (χ4n) is 18.1. The van der Waals surface area contributed by atoms with Crippen molar-refractivity contribution in [3.05, 3.63) is 192 Å². The summed E-state index contributed by atoms with van der Waals surface area (Å²) in [4.78, 5) is 93.2. The molecule has 7 aromatic heterocycles. The molecule has 4 amide bonds. The van der Waals surface area contributed by atoms with Crippen LogP contribution in [0.4, 0.5) is 0 Å². The second-order valence-corrected chi connectivity index (χ2v) is 36.3. The number of amides is 4. The van der Waals surface area contributed by atoms with E-state index in [4.69, 9.17) is 11.0 Å². The van der Waals surface area contributed by atoms with E-state index in [0.717, 1.165) is 264 Å². The first-order valence-electron chi connectivity index (χ1n) is 45.2. The number of nitrogens with zero attached hydrogens (tertiary/aromatic N) is 9. The molecule has 658 valence electrons. The number of benzene rings is 4. The number of amidine groups is 1. The van der Waals surface area contributed by atoms with Gasteiger partial charge in [-0.3, -0.25) is 44.4 Å². The molecule has 125 heavy (non-hydrogen) atoms. The molecule has 0 saturated carbocycles. The number of carbonyl (C=O) groups excluding carboxylic acids is 4. The Morgan fingerprint density at radius 1 is 0.440 bits per heavy atom. The Morgan fingerprint density at radius 2 is 0.696 bits per heavy atom. The molecule has 0 aliphatic carbocycles. The van der Waals surface area contributed by atoms with Gasteiger partial charge in [0.05, 0.1) is 26.3 Å². The van der Waals surface area contributed by atoms with E-state index in [-0.39, 0.29) is 31.1 Å². The van der Waals surface area contributed by atoms with Crippen molar-refractivity contribution in [1.82, 2.24) is 70.4 Å². The average Bonchev–Trinajstić information content (AvgIpc) is 1.64. The number of pyridine rings is 3. The number of nitrogens with one attached hydrogen (secondary N) is 7. The summed E-state index contributed by atoms with van der Waals surface area (Å²) in [7, 11) is 3.95. The van der Waals surface area contributed by atoms with E-state index >= 15 is 0 Å². The molecule has 9 N–H and O–H groups in total. The Labute approximate surface area is 797 Å². The summed E-state index contributed by atoms with van der Waals surface area (Å²) < 4.78 is 1.04. The number of rotatable bonds is 22. The van der Waals surface area contributed by atoms with Gasteiger partial charge in [-0.1, -0.05) is 45.5 Å². The normalized spacial score (nSPS) is 14.2. The van der Waals surface area contributed by atoms with E-state index in [9.17, 15) is 19.2 Å². The number of likely N-dealkylation sites (tertiary alicyclic amines) is 4. The van der Waals surface area contributed by atoms with Gasteiger partial charge in [-0.05, 0) is 360 Å². The van der Waals surface area contributed by atoms with Gasteiger partial charge in [0, 0.05) is 170 Å². The molecular weight excluding hydrogens is 1670 g/mol. The van der Waals surface area contributed by atoms with Crippen LogP contribution in [0.25, 0.3) is 77.4 Å². The number of aromatic nitrogens is 7. The Morgan fingerprint density at radius 3 is 0.968 bits per heavy atom. The molecule has 4 aliphatic heterocycles. The standard InChI is InChI=1S/C28H34N6O.C26H34N4O.C25H32N4O.C19H26BrN3O.C2H6.CH4.2K/c1-18-14-21(15-19(2)32-18)26-23(10-11-30-20(3)31-17-29)24-16-22(8-9-25(24)33-26)28(4,5)27(35)34-12-6-7-13-34;1-17-14-19(15-18(2)28-17)24-21(10-11-27-5)22-16-20(8-9-23(22)29-24)26(3,4)25(31)30-12-6-7-13-30;1-16-13-18(14-17(2)27-16)23-20(9-10-26)21-15-19(7-8-22(21)28-23)25(3,4)24(30)29-11-5-6-12-29;1-19(2,18(24)23-10-4-5-11-23)13-6-7-16-15(12-13)14(8-9-21-3)17(20)22-16;1-2;;;/h8-9,14-16,33H,6-7,10-13H2,1-5H3,(H,30,31);8-9,14-16,27,29H,6-7,10-13H2,1-5H3;7-8,13-15,28H,5-6,9-12,26H2,1-4H3;6-7,12,21-22H,4-5,8-11H2,1-3H3;1-2H3;1H4;;. The van der Waals surface area contributed by atoms with Gasteiger partial charge in [0.15, 0.2) is 6.19 Å². The van der Waals surface area contributed by atoms with Crippen LogP contribution < -0.4 is 21.7 Å². The number of hydrogen-bond acceptors (Lipinski definition) is 12. The number of aliphatic imine (C=N–C) groups is 1. The number of halogens is 1. The van der Waals surface area contributed by atoms with Crippen molar-refractivity contribution in [3.63, 3.8) is 0 Å². The number of aromatic amines is 4. The van der Waals surface area contributed by atoms with E-state index in [1.807, 2.05) is 137 Å². The van der Waals surface area contributed by atoms with Gasteiger partial charge in [-0.2, -0.15) is 5.26 Å². The number of hydrogen-bond donors (Lipinski definition) is 8. The third kappa shape index (κ3) is 24.2. The Balaban J connectivity index is 0.000000187. The van der Waals surface area contributed by atoms with Gasteiger partial charge in [0.25, 0.3) is 0 Å². The second-order valence-electron chi connectivity index (χ2n) is 35.5. The van der Waals surface area contributed by atoms with Crippen molar-refractivity contribution in [2.75, 3.05) is 92.6 Å². The van der Waals surface area contributed by atoms with Crippen molar-refractivity contribution in [1.29, 1.82) is 5.26 Å². The minimum absolute atomic E-state index is 0. The molecule has 24 heteroatoms. The van der Waals surface area contributed by atoms with Gasteiger partial charge in [-0.15, -0.1) is 0 Å². The van der Waals surface area contributed by atoms with Gasteiger partial charge in [0.1, 0.15) is 5.84 Å². The predicted molar refractivity (Wildman–Crippen MR) is 522 cm³/mol. The molecule has 21 nitrogen and oxygen atoms in total. The Hall–Kier alpha value is -7.04. The third-order valence-corrected chi connectivity index (χ3v) is 25.6. The molecule has 0 radical (unpaired) electrons. The van der Waals surface area contributed by atoms with Gasteiger partial charge < -0.3 is 55.9 Å². The van der Waals surface area contributed by atoms with E-state index in [2.05, 4.69) is 195 Å². The van der Waals surface area contributed by atoms with E-state index < -0.39 is 21.7 Å². The summed E-state index contributed by atoms with van der Waals surface area (Å²) >= 11 is 6.14. The average molecular weight is 1810 g/mol. The fourth-order valence-corrected chi connectivity index (χ4v) is 18.7. The summed E-state index contributed by atoms with van der Waals surface area (Å²) in [6, 6.07) is 38.2. The molecule has 4 aromatic carbocycles. The molecule has 0 unspecified atom stereocenters. The maximum absolute atomic E-state index is 13.4. The quantitative estimate of drug-likeness (QED) is 0.0103. The number of aryl methyl sites for hydroxylation is 6. The molecule has 11 aromatic rings. The molecule has 4 aliphatic rings. The number of nitrogens with two attached hydrogens (primary N) is 1. The van der Waals surface area contributed by atoms with Gasteiger partial charge in [-0.25, -0.2) is 0 Å². The zero-order valence-corrected chi connectivity index (χ0v) is 85.8. The van der Waals surface area contributed by atoms with Crippen LogP contribution in [0, 0.1) is 53.0 Å².